The number of amides is 1. The summed E-state index contributed by atoms with van der Waals surface area (Å²) in [7, 11) is 1.56. The Morgan fingerprint density at radius 1 is 0.486 bits per heavy atom. The molecular weight excluding hydrogens is 888 g/mol. The molecule has 9 heteroatoms. The van der Waals surface area contributed by atoms with Crippen LogP contribution in [0.3, 0.4) is 0 Å². The van der Waals surface area contributed by atoms with Crippen molar-refractivity contribution < 1.29 is 32.9 Å². The number of phosphoric ester groups is 1. The lowest BCUT2D eigenvalue weighted by atomic mass is 10.0. The van der Waals surface area contributed by atoms with Crippen LogP contribution in [0.25, 0.3) is 0 Å². The van der Waals surface area contributed by atoms with Gasteiger partial charge in [0.15, 0.2) is 0 Å². The summed E-state index contributed by atoms with van der Waals surface area (Å²) in [5.41, 5.74) is 0. The van der Waals surface area contributed by atoms with Crippen molar-refractivity contribution in [2.24, 2.45) is 0 Å². The van der Waals surface area contributed by atoms with Crippen molar-refractivity contribution >= 4 is 13.7 Å². The van der Waals surface area contributed by atoms with Crippen LogP contribution in [0.2, 0.25) is 0 Å². The molecule has 0 fully saturated rings. The van der Waals surface area contributed by atoms with E-state index in [9.17, 15) is 19.4 Å². The minimum atomic E-state index is -4.36. The standard InChI is InChI=1S/C61H117N2O6P/c1-6-8-10-12-14-16-18-20-22-24-26-27-28-29-30-31-32-33-34-35-37-39-41-43-45-47-49-51-53-55-61(65)62-59(58-69-70(66,67)68-57-56-63(3,4)5)60(64)54-52-50-48-46-44-42-40-38-36-25-23-21-19-17-15-13-11-9-7-2/h18,20,24,26,44,46,52,54,59-60,64H,6-17,19,21-23,25,27-43,45,47-51,53,55-58H2,1-5H3,(H-,62,65,66,67)/p+1/b20-18-,26-24-,46-44+,54-52+. The second-order valence-corrected chi connectivity index (χ2v) is 23.2. The van der Waals surface area contributed by atoms with Crippen LogP contribution in [0.5, 0.6) is 0 Å². The fourth-order valence-corrected chi connectivity index (χ4v) is 9.53. The second-order valence-electron chi connectivity index (χ2n) is 21.7. The number of aliphatic hydroxyl groups is 1. The molecule has 0 aliphatic heterocycles. The van der Waals surface area contributed by atoms with E-state index in [-0.39, 0.29) is 19.1 Å². The van der Waals surface area contributed by atoms with Crippen molar-refractivity contribution in [3.05, 3.63) is 48.6 Å². The molecular formula is C61H118N2O6P+. The number of quaternary nitrogens is 1. The summed E-state index contributed by atoms with van der Waals surface area (Å²) in [6.45, 7) is 4.81. The Morgan fingerprint density at radius 3 is 1.23 bits per heavy atom. The lowest BCUT2D eigenvalue weighted by Gasteiger charge is -2.25. The number of unbranched alkanes of at least 4 members (excludes halogenated alkanes) is 36. The molecule has 0 radical (unpaired) electrons. The molecule has 0 aliphatic rings. The maximum atomic E-state index is 13.0. The third-order valence-corrected chi connectivity index (χ3v) is 14.5. The van der Waals surface area contributed by atoms with Crippen molar-refractivity contribution in [1.82, 2.24) is 5.32 Å². The summed E-state index contributed by atoms with van der Waals surface area (Å²) in [6.07, 6.45) is 69.4. The lowest BCUT2D eigenvalue weighted by molar-refractivity contribution is -0.870. The van der Waals surface area contributed by atoms with Gasteiger partial charge >= 0.3 is 7.82 Å². The molecule has 1 amide bonds. The van der Waals surface area contributed by atoms with Crippen LogP contribution in [0.4, 0.5) is 0 Å². The zero-order valence-corrected chi connectivity index (χ0v) is 47.9. The average molecular weight is 1010 g/mol. The van der Waals surface area contributed by atoms with Crippen LogP contribution in [0.15, 0.2) is 48.6 Å². The van der Waals surface area contributed by atoms with E-state index >= 15 is 0 Å². The molecule has 0 saturated carbocycles. The van der Waals surface area contributed by atoms with Crippen molar-refractivity contribution in [3.8, 4) is 0 Å². The van der Waals surface area contributed by atoms with Gasteiger partial charge in [0.1, 0.15) is 13.2 Å². The van der Waals surface area contributed by atoms with Gasteiger partial charge in [-0.3, -0.25) is 13.8 Å². The Morgan fingerprint density at radius 2 is 0.829 bits per heavy atom. The number of nitrogens with one attached hydrogen (secondary N) is 1. The number of rotatable bonds is 55. The van der Waals surface area contributed by atoms with Gasteiger partial charge in [0.25, 0.3) is 0 Å². The first-order chi connectivity index (χ1) is 34.0. The fourth-order valence-electron chi connectivity index (χ4n) is 8.80. The number of aliphatic hydroxyl groups excluding tert-OH is 1. The van der Waals surface area contributed by atoms with Crippen LogP contribution >= 0.6 is 7.82 Å². The minimum Gasteiger partial charge on any atom is -0.387 e. The van der Waals surface area contributed by atoms with Gasteiger partial charge in [-0.05, 0) is 64.2 Å². The van der Waals surface area contributed by atoms with Crippen molar-refractivity contribution in [2.75, 3.05) is 40.9 Å². The average Bonchev–Trinajstić information content (AvgIpc) is 3.32. The Bertz CT molecular complexity index is 1280. The first-order valence-electron chi connectivity index (χ1n) is 30.0. The fraction of sp³-hybridized carbons (Fsp3) is 0.852. The number of carbonyl (C=O) groups excluding carboxylic acids is 1. The highest BCUT2D eigenvalue weighted by Gasteiger charge is 2.27. The molecule has 0 saturated heterocycles. The molecule has 0 bridgehead atoms. The molecule has 3 atom stereocenters. The monoisotopic (exact) mass is 1010 g/mol. The quantitative estimate of drug-likeness (QED) is 0.0243. The molecule has 0 aromatic heterocycles. The Kier molecular flexibility index (Phi) is 51.2. The predicted octanol–water partition coefficient (Wildman–Crippen LogP) is 18.3. The number of likely N-dealkylation sites (N-methyl/N-ethyl adjacent to an activating group) is 1. The van der Waals surface area contributed by atoms with Crippen LogP contribution in [-0.2, 0) is 18.4 Å². The maximum absolute atomic E-state index is 13.0. The summed E-state index contributed by atoms with van der Waals surface area (Å²) in [4.78, 5) is 23.3. The molecule has 0 aliphatic carbocycles. The normalized spacial score (nSPS) is 14.2. The Hall–Kier alpha value is -1.54. The molecule has 0 heterocycles. The van der Waals surface area contributed by atoms with Gasteiger partial charge in [-0.1, -0.05) is 262 Å². The van der Waals surface area contributed by atoms with E-state index in [1.54, 1.807) is 6.08 Å². The minimum absolute atomic E-state index is 0.0566. The SMILES string of the molecule is CCCCCCC/C=C\C/C=C\CCCCCCCCCCCCCCCCCCCC(=O)NC(COP(=O)(O)OCC[N+](C)(C)C)C(O)/C=C/CC/C=C/CCCCCCCCCCCCCCC. The predicted molar refractivity (Wildman–Crippen MR) is 304 cm³/mol. The molecule has 412 valence electrons. The van der Waals surface area contributed by atoms with E-state index in [0.29, 0.717) is 17.4 Å². The Labute approximate surface area is 435 Å². The molecule has 3 N–H and O–H groups in total. The molecule has 3 unspecified atom stereocenters. The van der Waals surface area contributed by atoms with Crippen LogP contribution < -0.4 is 5.32 Å². The summed E-state index contributed by atoms with van der Waals surface area (Å²) in [6, 6.07) is -0.863. The van der Waals surface area contributed by atoms with Crippen LogP contribution in [0.1, 0.15) is 284 Å². The summed E-state index contributed by atoms with van der Waals surface area (Å²) >= 11 is 0. The molecule has 0 aromatic carbocycles. The summed E-state index contributed by atoms with van der Waals surface area (Å²) in [5, 5.41) is 13.9. The van der Waals surface area contributed by atoms with Gasteiger partial charge in [0.2, 0.25) is 5.91 Å². The molecule has 0 rings (SSSR count). The third-order valence-electron chi connectivity index (χ3n) is 13.5. The molecule has 70 heavy (non-hydrogen) atoms. The highest BCUT2D eigenvalue weighted by molar-refractivity contribution is 7.47. The van der Waals surface area contributed by atoms with E-state index in [4.69, 9.17) is 9.05 Å². The third kappa shape index (κ3) is 54.2. The summed E-state index contributed by atoms with van der Waals surface area (Å²) in [5.74, 6) is -0.184. The van der Waals surface area contributed by atoms with Gasteiger partial charge in [0.05, 0.1) is 39.9 Å². The van der Waals surface area contributed by atoms with E-state index in [1.165, 1.54) is 218 Å². The number of hydrogen-bond donors (Lipinski definition) is 3. The van der Waals surface area contributed by atoms with E-state index in [0.717, 1.165) is 44.9 Å². The molecule has 8 nitrogen and oxygen atoms in total. The van der Waals surface area contributed by atoms with Gasteiger partial charge in [-0.2, -0.15) is 0 Å². The first kappa shape index (κ1) is 68.5. The van der Waals surface area contributed by atoms with Crippen molar-refractivity contribution in [1.29, 1.82) is 0 Å². The van der Waals surface area contributed by atoms with E-state index in [2.05, 4.69) is 55.6 Å². The zero-order valence-electron chi connectivity index (χ0n) is 47.0. The lowest BCUT2D eigenvalue weighted by Crippen LogP contribution is -2.45. The first-order valence-corrected chi connectivity index (χ1v) is 31.5. The smallest absolute Gasteiger partial charge is 0.387 e. The highest BCUT2D eigenvalue weighted by atomic mass is 31.2. The van der Waals surface area contributed by atoms with E-state index < -0.39 is 20.0 Å². The Balaban J connectivity index is 4.16. The van der Waals surface area contributed by atoms with Gasteiger partial charge in [-0.15, -0.1) is 0 Å². The zero-order chi connectivity index (χ0) is 51.3. The number of allylic oxidation sites excluding steroid dienone is 7. The number of phosphoric acid groups is 1. The largest absolute Gasteiger partial charge is 0.472 e. The number of nitrogens with zero attached hydrogens (tertiary/aromatic N) is 1. The molecule has 0 spiro atoms. The highest BCUT2D eigenvalue weighted by Crippen LogP contribution is 2.43. The second kappa shape index (κ2) is 52.3. The number of hydrogen-bond acceptors (Lipinski definition) is 5. The van der Waals surface area contributed by atoms with Crippen molar-refractivity contribution in [3.63, 3.8) is 0 Å². The maximum Gasteiger partial charge on any atom is 0.472 e. The van der Waals surface area contributed by atoms with E-state index in [1.807, 2.05) is 27.2 Å². The number of carbonyl (C=O) groups is 1. The molecule has 0 aromatic rings. The van der Waals surface area contributed by atoms with Crippen LogP contribution in [0, 0.1) is 0 Å². The van der Waals surface area contributed by atoms with Gasteiger partial charge in [-0.25, -0.2) is 4.57 Å². The van der Waals surface area contributed by atoms with Crippen molar-refractivity contribution in [2.45, 2.75) is 296 Å². The van der Waals surface area contributed by atoms with Crippen LogP contribution in [-0.4, -0.2) is 73.4 Å². The topological polar surface area (TPSA) is 105 Å². The van der Waals surface area contributed by atoms with Gasteiger partial charge < -0.3 is 19.8 Å². The summed E-state index contributed by atoms with van der Waals surface area (Å²) < 4.78 is 23.7. The van der Waals surface area contributed by atoms with Gasteiger partial charge in [0, 0.05) is 6.42 Å².